The first-order valence-corrected chi connectivity index (χ1v) is 7.79. The zero-order chi connectivity index (χ0) is 14.7. The number of nitrogens with one attached hydrogen (secondary N) is 1. The minimum atomic E-state index is 0.387. The number of benzene rings is 1. The quantitative estimate of drug-likeness (QED) is 0.915. The number of aryl methyl sites for hydroxylation is 1. The molecule has 0 radical (unpaired) electrons. The van der Waals surface area contributed by atoms with E-state index in [1.54, 1.807) is 0 Å². The molecule has 1 aromatic carbocycles. The molecule has 2 heterocycles. The van der Waals surface area contributed by atoms with E-state index in [1.165, 1.54) is 17.0 Å². The van der Waals surface area contributed by atoms with E-state index in [1.807, 2.05) is 6.20 Å². The van der Waals surface area contributed by atoms with Crippen LogP contribution in [0.3, 0.4) is 0 Å². The molecule has 0 amide bonds. The molecule has 1 aliphatic rings. The van der Waals surface area contributed by atoms with Crippen LogP contribution in [0.15, 0.2) is 36.7 Å². The van der Waals surface area contributed by atoms with Gasteiger partial charge < -0.3 is 9.88 Å². The number of imidazole rings is 1. The summed E-state index contributed by atoms with van der Waals surface area (Å²) in [4.78, 5) is 6.95. The van der Waals surface area contributed by atoms with Crippen molar-refractivity contribution in [1.29, 1.82) is 0 Å². The summed E-state index contributed by atoms with van der Waals surface area (Å²) in [5.41, 5.74) is 2.77. The van der Waals surface area contributed by atoms with Crippen molar-refractivity contribution in [1.82, 2.24) is 19.8 Å². The molecule has 0 aliphatic carbocycles. The first-order valence-electron chi connectivity index (χ1n) is 7.79. The summed E-state index contributed by atoms with van der Waals surface area (Å²) in [6, 6.07) is 9.07. The maximum atomic E-state index is 4.45. The van der Waals surface area contributed by atoms with Gasteiger partial charge in [0.2, 0.25) is 0 Å². The highest BCUT2D eigenvalue weighted by Crippen LogP contribution is 2.20. The van der Waals surface area contributed by atoms with Crippen molar-refractivity contribution in [3.8, 4) is 0 Å². The van der Waals surface area contributed by atoms with Gasteiger partial charge in [-0.25, -0.2) is 4.98 Å². The highest BCUT2D eigenvalue weighted by molar-refractivity contribution is 5.29. The zero-order valence-electron chi connectivity index (χ0n) is 12.9. The third kappa shape index (κ3) is 3.17. The fourth-order valence-electron chi connectivity index (χ4n) is 3.13. The molecule has 1 atom stereocenters. The minimum absolute atomic E-state index is 0.387. The number of rotatable bonds is 5. The molecule has 1 aromatic heterocycles. The maximum absolute atomic E-state index is 4.45. The number of aromatic nitrogens is 2. The molecule has 0 saturated heterocycles. The average Bonchev–Trinajstić information content (AvgIpc) is 2.95. The van der Waals surface area contributed by atoms with Crippen molar-refractivity contribution >= 4 is 0 Å². The smallest absolute Gasteiger partial charge is 0.122 e. The fraction of sp³-hybridized carbons (Fsp3) is 0.471. The van der Waals surface area contributed by atoms with Crippen molar-refractivity contribution in [2.24, 2.45) is 0 Å². The molecule has 0 spiro atoms. The summed E-state index contributed by atoms with van der Waals surface area (Å²) in [7, 11) is 0. The number of nitrogens with zero attached hydrogens (tertiary/aromatic N) is 3. The van der Waals surface area contributed by atoms with Crippen LogP contribution in [0.1, 0.15) is 29.9 Å². The van der Waals surface area contributed by atoms with Gasteiger partial charge in [0.25, 0.3) is 0 Å². The Bertz CT molecular complexity index is 590. The largest absolute Gasteiger partial charge is 0.333 e. The van der Waals surface area contributed by atoms with Gasteiger partial charge in [0.15, 0.2) is 0 Å². The highest BCUT2D eigenvalue weighted by atomic mass is 15.2. The average molecular weight is 284 g/mol. The van der Waals surface area contributed by atoms with Gasteiger partial charge in [-0.05, 0) is 24.6 Å². The number of fused-ring (bicyclic) bond motifs is 1. The molecule has 112 valence electrons. The molecule has 0 saturated carbocycles. The van der Waals surface area contributed by atoms with Gasteiger partial charge >= 0.3 is 0 Å². The number of hydrogen-bond donors (Lipinski definition) is 1. The predicted molar refractivity (Wildman–Crippen MR) is 85.1 cm³/mol. The zero-order valence-corrected chi connectivity index (χ0v) is 12.9. The molecule has 3 rings (SSSR count). The van der Waals surface area contributed by atoms with Crippen LogP contribution < -0.4 is 5.32 Å². The lowest BCUT2D eigenvalue weighted by atomic mass is 10.0. The van der Waals surface area contributed by atoms with Crippen LogP contribution in [-0.4, -0.2) is 34.1 Å². The van der Waals surface area contributed by atoms with E-state index in [-0.39, 0.29) is 0 Å². The Morgan fingerprint density at radius 3 is 2.95 bits per heavy atom. The summed E-state index contributed by atoms with van der Waals surface area (Å²) in [5, 5.41) is 3.64. The van der Waals surface area contributed by atoms with E-state index in [4.69, 9.17) is 0 Å². The molecular formula is C17H24N4. The van der Waals surface area contributed by atoms with E-state index in [0.717, 1.165) is 32.7 Å². The third-order valence-electron chi connectivity index (χ3n) is 4.28. The summed E-state index contributed by atoms with van der Waals surface area (Å²) in [6.45, 7) is 9.48. The Balaban J connectivity index is 1.73. The van der Waals surface area contributed by atoms with Crippen LogP contribution in [0.4, 0.5) is 0 Å². The van der Waals surface area contributed by atoms with Crippen LogP contribution >= 0.6 is 0 Å². The number of likely N-dealkylation sites (N-methyl/N-ethyl adjacent to an activating group) is 1. The first-order chi connectivity index (χ1) is 10.3. The van der Waals surface area contributed by atoms with Crippen LogP contribution in [0.2, 0.25) is 0 Å². The SMILES string of the molecule is CCNC(CN1CCn2ccnc2C1)c1ccccc1C. The Morgan fingerprint density at radius 2 is 2.14 bits per heavy atom. The van der Waals surface area contributed by atoms with E-state index in [0.29, 0.717) is 6.04 Å². The van der Waals surface area contributed by atoms with Gasteiger partial charge in [-0.15, -0.1) is 0 Å². The molecule has 0 fully saturated rings. The molecule has 4 heteroatoms. The van der Waals surface area contributed by atoms with Gasteiger partial charge in [0.1, 0.15) is 5.82 Å². The van der Waals surface area contributed by atoms with E-state index in [2.05, 4.69) is 64.1 Å². The Hall–Kier alpha value is -1.65. The lowest BCUT2D eigenvalue weighted by Gasteiger charge is -2.32. The standard InChI is InChI=1S/C17H24N4/c1-3-18-16(15-7-5-4-6-14(15)2)12-20-10-11-21-9-8-19-17(21)13-20/h4-9,16,18H,3,10-13H2,1-2H3. The fourth-order valence-corrected chi connectivity index (χ4v) is 3.13. The predicted octanol–water partition coefficient (Wildman–Crippen LogP) is 2.36. The lowest BCUT2D eigenvalue weighted by molar-refractivity contribution is 0.195. The molecule has 0 bridgehead atoms. The van der Waals surface area contributed by atoms with Crippen LogP contribution in [-0.2, 0) is 13.1 Å². The van der Waals surface area contributed by atoms with Gasteiger partial charge in [0, 0.05) is 38.1 Å². The van der Waals surface area contributed by atoms with E-state index >= 15 is 0 Å². The van der Waals surface area contributed by atoms with Crippen molar-refractivity contribution in [2.45, 2.75) is 33.0 Å². The second kappa shape index (κ2) is 6.41. The van der Waals surface area contributed by atoms with Gasteiger partial charge in [0.05, 0.1) is 6.54 Å². The van der Waals surface area contributed by atoms with E-state index < -0.39 is 0 Å². The second-order valence-corrected chi connectivity index (χ2v) is 5.74. The topological polar surface area (TPSA) is 33.1 Å². The monoisotopic (exact) mass is 284 g/mol. The Kier molecular flexibility index (Phi) is 4.36. The lowest BCUT2D eigenvalue weighted by Crippen LogP contribution is -2.40. The first kappa shape index (κ1) is 14.3. The van der Waals surface area contributed by atoms with Crippen molar-refractivity contribution in [2.75, 3.05) is 19.6 Å². The summed E-state index contributed by atoms with van der Waals surface area (Å²) < 4.78 is 2.26. The Labute approximate surface area is 126 Å². The van der Waals surface area contributed by atoms with Gasteiger partial charge in [-0.1, -0.05) is 31.2 Å². The second-order valence-electron chi connectivity index (χ2n) is 5.74. The minimum Gasteiger partial charge on any atom is -0.333 e. The van der Waals surface area contributed by atoms with Crippen molar-refractivity contribution < 1.29 is 0 Å². The molecule has 2 aromatic rings. The molecule has 21 heavy (non-hydrogen) atoms. The van der Waals surface area contributed by atoms with Crippen molar-refractivity contribution in [3.05, 3.63) is 53.6 Å². The van der Waals surface area contributed by atoms with Gasteiger partial charge in [-0.2, -0.15) is 0 Å². The summed E-state index contributed by atoms with van der Waals surface area (Å²) in [6.07, 6.45) is 3.98. The Morgan fingerprint density at radius 1 is 1.29 bits per heavy atom. The third-order valence-corrected chi connectivity index (χ3v) is 4.28. The maximum Gasteiger partial charge on any atom is 0.122 e. The number of hydrogen-bond acceptors (Lipinski definition) is 3. The molecular weight excluding hydrogens is 260 g/mol. The molecule has 1 unspecified atom stereocenters. The normalized spacial score (nSPS) is 16.7. The van der Waals surface area contributed by atoms with Crippen LogP contribution in [0.5, 0.6) is 0 Å². The van der Waals surface area contributed by atoms with E-state index in [9.17, 15) is 0 Å². The summed E-state index contributed by atoms with van der Waals surface area (Å²) in [5.74, 6) is 1.18. The van der Waals surface area contributed by atoms with Gasteiger partial charge in [-0.3, -0.25) is 4.90 Å². The van der Waals surface area contributed by atoms with Crippen LogP contribution in [0, 0.1) is 6.92 Å². The molecule has 1 aliphatic heterocycles. The molecule has 1 N–H and O–H groups in total. The highest BCUT2D eigenvalue weighted by Gasteiger charge is 2.21. The van der Waals surface area contributed by atoms with Crippen molar-refractivity contribution in [3.63, 3.8) is 0 Å². The molecule has 4 nitrogen and oxygen atoms in total. The summed E-state index contributed by atoms with van der Waals surface area (Å²) >= 11 is 0. The van der Waals surface area contributed by atoms with Crippen LogP contribution in [0.25, 0.3) is 0 Å².